The summed E-state index contributed by atoms with van der Waals surface area (Å²) in [5, 5.41) is 3.18. The Bertz CT molecular complexity index is 361. The molecule has 0 radical (unpaired) electrons. The molecule has 1 unspecified atom stereocenters. The minimum absolute atomic E-state index is 0.0257. The standard InChI is InChI=1S/C15H24N2O2/c18-14(16-13-6-2-1-3-7-13)17-10-11-19-15(12-17)8-4-5-9-15/h1-2,13H,3-12H2,(H,16,18). The van der Waals surface area contributed by atoms with Crippen LogP contribution in [-0.4, -0.2) is 42.3 Å². The SMILES string of the molecule is O=C(NC1CC=CCC1)N1CCOC2(CCCC2)C1. The molecule has 1 saturated carbocycles. The van der Waals surface area contributed by atoms with E-state index < -0.39 is 0 Å². The summed E-state index contributed by atoms with van der Waals surface area (Å²) in [5.41, 5.74) is -0.0257. The van der Waals surface area contributed by atoms with E-state index in [0.29, 0.717) is 12.6 Å². The lowest BCUT2D eigenvalue weighted by Gasteiger charge is -2.41. The summed E-state index contributed by atoms with van der Waals surface area (Å²) in [7, 11) is 0. The van der Waals surface area contributed by atoms with Crippen molar-refractivity contribution >= 4 is 6.03 Å². The minimum Gasteiger partial charge on any atom is -0.371 e. The zero-order chi connectivity index (χ0) is 13.1. The fraction of sp³-hybridized carbons (Fsp3) is 0.800. The van der Waals surface area contributed by atoms with Crippen LogP contribution in [0, 0.1) is 0 Å². The highest BCUT2D eigenvalue weighted by atomic mass is 16.5. The van der Waals surface area contributed by atoms with Gasteiger partial charge < -0.3 is 15.0 Å². The van der Waals surface area contributed by atoms with Gasteiger partial charge in [0.05, 0.1) is 18.8 Å². The second kappa shape index (κ2) is 5.53. The zero-order valence-corrected chi connectivity index (χ0v) is 11.6. The van der Waals surface area contributed by atoms with Crippen molar-refractivity contribution in [2.24, 2.45) is 0 Å². The summed E-state index contributed by atoms with van der Waals surface area (Å²) in [6.07, 6.45) is 12.2. The molecule has 0 bridgehead atoms. The Morgan fingerprint density at radius 1 is 1.32 bits per heavy atom. The maximum atomic E-state index is 12.3. The Labute approximate surface area is 115 Å². The number of hydrogen-bond acceptors (Lipinski definition) is 2. The van der Waals surface area contributed by atoms with Gasteiger partial charge in [-0.3, -0.25) is 0 Å². The van der Waals surface area contributed by atoms with Gasteiger partial charge in [0.2, 0.25) is 0 Å². The van der Waals surface area contributed by atoms with E-state index in [0.717, 1.165) is 45.2 Å². The lowest BCUT2D eigenvalue weighted by molar-refractivity contribution is -0.0927. The highest BCUT2D eigenvalue weighted by Crippen LogP contribution is 2.35. The Balaban J connectivity index is 1.55. The number of amides is 2. The largest absolute Gasteiger partial charge is 0.371 e. The number of nitrogens with zero attached hydrogens (tertiary/aromatic N) is 1. The van der Waals surface area contributed by atoms with Crippen molar-refractivity contribution in [2.45, 2.75) is 56.6 Å². The third kappa shape index (κ3) is 2.94. The molecule has 106 valence electrons. The second-order valence-electron chi connectivity index (χ2n) is 6.09. The maximum absolute atomic E-state index is 12.3. The Hall–Kier alpha value is -1.03. The van der Waals surface area contributed by atoms with Crippen molar-refractivity contribution in [3.63, 3.8) is 0 Å². The van der Waals surface area contributed by atoms with Gasteiger partial charge in [-0.25, -0.2) is 4.79 Å². The number of allylic oxidation sites excluding steroid dienone is 1. The van der Waals surface area contributed by atoms with Crippen LogP contribution < -0.4 is 5.32 Å². The monoisotopic (exact) mass is 264 g/mol. The quantitative estimate of drug-likeness (QED) is 0.739. The predicted molar refractivity (Wildman–Crippen MR) is 74.0 cm³/mol. The Kier molecular flexibility index (Phi) is 3.78. The minimum atomic E-state index is -0.0257. The van der Waals surface area contributed by atoms with Crippen LogP contribution >= 0.6 is 0 Å². The van der Waals surface area contributed by atoms with Crippen molar-refractivity contribution in [2.75, 3.05) is 19.7 Å². The van der Waals surface area contributed by atoms with Crippen LogP contribution in [0.5, 0.6) is 0 Å². The van der Waals surface area contributed by atoms with Gasteiger partial charge in [-0.1, -0.05) is 25.0 Å². The van der Waals surface area contributed by atoms with E-state index in [1.165, 1.54) is 12.8 Å². The summed E-state index contributed by atoms with van der Waals surface area (Å²) in [6.45, 7) is 2.20. The molecule has 0 aromatic rings. The van der Waals surface area contributed by atoms with Gasteiger partial charge >= 0.3 is 6.03 Å². The molecule has 4 heteroatoms. The van der Waals surface area contributed by atoms with Crippen LogP contribution in [0.3, 0.4) is 0 Å². The van der Waals surface area contributed by atoms with Gasteiger partial charge in [-0.15, -0.1) is 0 Å². The van der Waals surface area contributed by atoms with E-state index in [9.17, 15) is 4.79 Å². The number of morpholine rings is 1. The lowest BCUT2D eigenvalue weighted by Crippen LogP contribution is -2.56. The number of urea groups is 1. The average Bonchev–Trinajstić information content (AvgIpc) is 2.88. The van der Waals surface area contributed by atoms with Crippen molar-refractivity contribution in [3.05, 3.63) is 12.2 Å². The molecule has 2 fully saturated rings. The van der Waals surface area contributed by atoms with Gasteiger partial charge in [0.25, 0.3) is 0 Å². The molecule has 3 rings (SSSR count). The predicted octanol–water partition coefficient (Wildman–Crippen LogP) is 2.45. The molecular weight excluding hydrogens is 240 g/mol. The number of rotatable bonds is 1. The molecule has 0 aromatic carbocycles. The topological polar surface area (TPSA) is 41.6 Å². The number of hydrogen-bond donors (Lipinski definition) is 1. The van der Waals surface area contributed by atoms with Crippen LogP contribution in [-0.2, 0) is 4.74 Å². The highest BCUT2D eigenvalue weighted by Gasteiger charge is 2.40. The molecule has 1 spiro atoms. The first-order valence-corrected chi connectivity index (χ1v) is 7.62. The first-order chi connectivity index (χ1) is 9.27. The molecular formula is C15H24N2O2. The lowest BCUT2D eigenvalue weighted by atomic mass is 9.99. The third-order valence-corrected chi connectivity index (χ3v) is 4.65. The van der Waals surface area contributed by atoms with E-state index in [-0.39, 0.29) is 11.6 Å². The van der Waals surface area contributed by atoms with Gasteiger partial charge in [0, 0.05) is 12.6 Å². The third-order valence-electron chi connectivity index (χ3n) is 4.65. The first-order valence-electron chi connectivity index (χ1n) is 7.62. The molecule has 0 aromatic heterocycles. The molecule has 4 nitrogen and oxygen atoms in total. The Morgan fingerprint density at radius 3 is 2.89 bits per heavy atom. The van der Waals surface area contributed by atoms with Crippen LogP contribution in [0.2, 0.25) is 0 Å². The van der Waals surface area contributed by atoms with Gasteiger partial charge in [0.1, 0.15) is 0 Å². The van der Waals surface area contributed by atoms with E-state index >= 15 is 0 Å². The summed E-state index contributed by atoms with van der Waals surface area (Å²) >= 11 is 0. The summed E-state index contributed by atoms with van der Waals surface area (Å²) in [6, 6.07) is 0.426. The van der Waals surface area contributed by atoms with Gasteiger partial charge in [0.15, 0.2) is 0 Å². The molecule has 2 amide bonds. The number of carbonyl (C=O) groups is 1. The molecule has 2 aliphatic carbocycles. The van der Waals surface area contributed by atoms with E-state index in [2.05, 4.69) is 17.5 Å². The molecule has 19 heavy (non-hydrogen) atoms. The van der Waals surface area contributed by atoms with Crippen molar-refractivity contribution in [1.29, 1.82) is 0 Å². The van der Waals surface area contributed by atoms with Crippen LogP contribution in [0.25, 0.3) is 0 Å². The van der Waals surface area contributed by atoms with E-state index in [1.807, 2.05) is 4.90 Å². The number of nitrogens with one attached hydrogen (secondary N) is 1. The highest BCUT2D eigenvalue weighted by molar-refractivity contribution is 5.74. The molecule has 1 atom stereocenters. The van der Waals surface area contributed by atoms with Gasteiger partial charge in [-0.05, 0) is 32.1 Å². The van der Waals surface area contributed by atoms with E-state index in [1.54, 1.807) is 0 Å². The van der Waals surface area contributed by atoms with Crippen molar-refractivity contribution < 1.29 is 9.53 Å². The fourth-order valence-electron chi connectivity index (χ4n) is 3.53. The number of carbonyl (C=O) groups excluding carboxylic acids is 1. The Morgan fingerprint density at radius 2 is 2.16 bits per heavy atom. The van der Waals surface area contributed by atoms with Gasteiger partial charge in [-0.2, -0.15) is 0 Å². The summed E-state index contributed by atoms with van der Waals surface area (Å²) in [4.78, 5) is 14.3. The first kappa shape index (κ1) is 13.0. The number of ether oxygens (including phenoxy) is 1. The molecule has 1 N–H and O–H groups in total. The summed E-state index contributed by atoms with van der Waals surface area (Å²) in [5.74, 6) is 0. The zero-order valence-electron chi connectivity index (χ0n) is 11.6. The van der Waals surface area contributed by atoms with Crippen molar-refractivity contribution in [1.82, 2.24) is 10.2 Å². The molecule has 1 heterocycles. The normalized spacial score (nSPS) is 29.7. The average molecular weight is 264 g/mol. The molecule has 1 aliphatic heterocycles. The maximum Gasteiger partial charge on any atom is 0.317 e. The van der Waals surface area contributed by atoms with Crippen LogP contribution in [0.4, 0.5) is 4.79 Å². The summed E-state index contributed by atoms with van der Waals surface area (Å²) < 4.78 is 5.96. The smallest absolute Gasteiger partial charge is 0.317 e. The van der Waals surface area contributed by atoms with Crippen molar-refractivity contribution in [3.8, 4) is 0 Å². The fourth-order valence-corrected chi connectivity index (χ4v) is 3.53. The molecule has 3 aliphatic rings. The van der Waals surface area contributed by atoms with E-state index in [4.69, 9.17) is 4.74 Å². The van der Waals surface area contributed by atoms with Crippen LogP contribution in [0.1, 0.15) is 44.9 Å². The second-order valence-corrected chi connectivity index (χ2v) is 6.09. The molecule has 1 saturated heterocycles. The van der Waals surface area contributed by atoms with Crippen LogP contribution in [0.15, 0.2) is 12.2 Å².